The highest BCUT2D eigenvalue weighted by Crippen LogP contribution is 2.48. The van der Waals surface area contributed by atoms with Crippen LogP contribution in [0.4, 0.5) is 34.1 Å². The Morgan fingerprint density at radius 1 is 0.333 bits per heavy atom. The molecule has 12 rings (SSSR count). The number of benzene rings is 10. The second kappa shape index (κ2) is 15.3. The average molecular weight is 853 g/mol. The molecular weight excluding hydrogens is 805 g/mol. The third-order valence-electron chi connectivity index (χ3n) is 13.6. The number of anilines is 6. The summed E-state index contributed by atoms with van der Waals surface area (Å²) in [7, 11) is 0. The molecule has 4 heteroatoms. The lowest BCUT2D eigenvalue weighted by Gasteiger charge is -2.29. The molecule has 0 saturated carbocycles. The molecule has 0 aliphatic rings. The van der Waals surface area contributed by atoms with Crippen molar-refractivity contribution in [3.05, 3.63) is 215 Å². The van der Waals surface area contributed by atoms with E-state index >= 15 is 0 Å². The molecule has 0 unspecified atom stereocenters. The van der Waals surface area contributed by atoms with E-state index in [-0.39, 0.29) is 0 Å². The zero-order chi connectivity index (χ0) is 44.8. The van der Waals surface area contributed by atoms with E-state index in [4.69, 9.17) is 8.83 Å². The van der Waals surface area contributed by atoms with E-state index in [2.05, 4.69) is 233 Å². The SMILES string of the molecule is Cc1ccc(N(c2ccc3cc4c(cc3c2)oc2c(-c3ccccc3)c3c(cc24)oc2cc4cc(N(c5ccc(C)cc5)c5c(C)cccc5C)ccc4cc23)c2c(C)cccc2C)cc1. The van der Waals surface area contributed by atoms with Crippen molar-refractivity contribution in [3.63, 3.8) is 0 Å². The molecule has 0 amide bonds. The molecule has 0 N–H and O–H groups in total. The molecule has 2 heterocycles. The number of rotatable bonds is 7. The van der Waals surface area contributed by atoms with Crippen LogP contribution in [0.3, 0.4) is 0 Å². The Bertz CT molecular complexity index is 3720. The third-order valence-corrected chi connectivity index (χ3v) is 13.6. The first kappa shape index (κ1) is 39.5. The fourth-order valence-electron chi connectivity index (χ4n) is 10.3. The molecule has 10 aromatic carbocycles. The Labute approximate surface area is 384 Å². The largest absolute Gasteiger partial charge is 0.456 e. The lowest BCUT2D eigenvalue weighted by molar-refractivity contribution is 0.665. The van der Waals surface area contributed by atoms with Gasteiger partial charge in [-0.3, -0.25) is 0 Å². The fraction of sp³-hybridized carbons (Fsp3) is 0.0968. The van der Waals surface area contributed by atoms with Gasteiger partial charge in [0, 0.05) is 49.9 Å². The van der Waals surface area contributed by atoms with Crippen LogP contribution in [-0.4, -0.2) is 0 Å². The lowest BCUT2D eigenvalue weighted by Crippen LogP contribution is -2.12. The summed E-state index contributed by atoms with van der Waals surface area (Å²) in [6.45, 7) is 13.0. The summed E-state index contributed by atoms with van der Waals surface area (Å²) < 4.78 is 14.0. The second-order valence-corrected chi connectivity index (χ2v) is 18.2. The first-order valence-electron chi connectivity index (χ1n) is 22.8. The Morgan fingerprint density at radius 2 is 0.803 bits per heavy atom. The van der Waals surface area contributed by atoms with Crippen molar-refractivity contribution < 1.29 is 8.83 Å². The number of para-hydroxylation sites is 2. The van der Waals surface area contributed by atoms with Crippen molar-refractivity contribution in [1.29, 1.82) is 0 Å². The lowest BCUT2D eigenvalue weighted by atomic mass is 9.95. The smallest absolute Gasteiger partial charge is 0.144 e. The molecule has 0 spiro atoms. The van der Waals surface area contributed by atoms with E-state index in [0.29, 0.717) is 0 Å². The number of nitrogens with zero attached hydrogens (tertiary/aromatic N) is 2. The van der Waals surface area contributed by atoms with Gasteiger partial charge in [0.15, 0.2) is 0 Å². The molecular formula is C62H48N2O2. The van der Waals surface area contributed by atoms with Crippen LogP contribution in [0, 0.1) is 41.5 Å². The van der Waals surface area contributed by atoms with Crippen LogP contribution in [0.25, 0.3) is 76.5 Å². The van der Waals surface area contributed by atoms with Crippen molar-refractivity contribution in [3.8, 4) is 11.1 Å². The van der Waals surface area contributed by atoms with E-state index in [1.54, 1.807) is 0 Å². The first-order chi connectivity index (χ1) is 32.2. The minimum absolute atomic E-state index is 0.837. The number of aryl methyl sites for hydroxylation is 6. The summed E-state index contributed by atoms with van der Waals surface area (Å²) in [5, 5.41) is 8.73. The van der Waals surface area contributed by atoms with Gasteiger partial charge in [-0.15, -0.1) is 0 Å². The maximum atomic E-state index is 7.07. The molecule has 2 aromatic heterocycles. The van der Waals surface area contributed by atoms with Crippen molar-refractivity contribution in [2.75, 3.05) is 9.80 Å². The monoisotopic (exact) mass is 852 g/mol. The summed E-state index contributed by atoms with van der Waals surface area (Å²) in [5.41, 5.74) is 19.7. The van der Waals surface area contributed by atoms with E-state index in [0.717, 1.165) is 99.3 Å². The second-order valence-electron chi connectivity index (χ2n) is 18.2. The Kier molecular flexibility index (Phi) is 9.15. The highest BCUT2D eigenvalue weighted by Gasteiger charge is 2.24. The van der Waals surface area contributed by atoms with Crippen molar-refractivity contribution in [2.24, 2.45) is 0 Å². The van der Waals surface area contributed by atoms with E-state index in [9.17, 15) is 0 Å². The predicted molar refractivity (Wildman–Crippen MR) is 279 cm³/mol. The van der Waals surface area contributed by atoms with Crippen LogP contribution in [0.2, 0.25) is 0 Å². The zero-order valence-electron chi connectivity index (χ0n) is 38.0. The van der Waals surface area contributed by atoms with Crippen molar-refractivity contribution >= 4 is 99.5 Å². The summed E-state index contributed by atoms with van der Waals surface area (Å²) in [6.07, 6.45) is 0. The van der Waals surface area contributed by atoms with Gasteiger partial charge < -0.3 is 18.6 Å². The van der Waals surface area contributed by atoms with Gasteiger partial charge in [0.05, 0.1) is 11.4 Å². The molecule has 0 aliphatic carbocycles. The standard InChI is InChI=1S/C62H48N2O2/c1-37-18-24-48(25-19-37)63(60-39(3)12-10-13-40(60)4)50-28-22-44-32-52-53-36-57-59(58(43-16-8-7-9-17-43)62(53)66-55(52)34-46(44)30-50)54-33-45-23-29-51(31-47(45)35-56(54)65-57)64(49-26-20-38(2)21-27-49)61-41(5)14-11-15-42(61)6/h7-36H,1-6H3. The minimum atomic E-state index is 0.837. The highest BCUT2D eigenvalue weighted by atomic mass is 16.3. The molecule has 0 aliphatic heterocycles. The Morgan fingerprint density at radius 3 is 1.32 bits per heavy atom. The van der Waals surface area contributed by atoms with E-state index in [1.807, 2.05) is 0 Å². The highest BCUT2D eigenvalue weighted by molar-refractivity contribution is 6.25. The molecule has 0 fully saturated rings. The van der Waals surface area contributed by atoms with Gasteiger partial charge in [0.1, 0.15) is 22.3 Å². The summed E-state index contributed by atoms with van der Waals surface area (Å²) in [4.78, 5) is 4.77. The van der Waals surface area contributed by atoms with Crippen LogP contribution in [0.1, 0.15) is 33.4 Å². The molecule has 0 atom stereocenters. The molecule has 0 radical (unpaired) electrons. The maximum absolute atomic E-state index is 7.07. The average Bonchev–Trinajstić information content (AvgIpc) is 3.86. The van der Waals surface area contributed by atoms with Gasteiger partial charge in [-0.2, -0.15) is 0 Å². The normalized spacial score (nSPS) is 11.8. The van der Waals surface area contributed by atoms with E-state index in [1.165, 1.54) is 44.8 Å². The van der Waals surface area contributed by atoms with Gasteiger partial charge in [0.2, 0.25) is 0 Å². The van der Waals surface area contributed by atoms with Crippen molar-refractivity contribution in [2.45, 2.75) is 41.5 Å². The Balaban J connectivity index is 1.04. The van der Waals surface area contributed by atoms with Crippen LogP contribution in [0.5, 0.6) is 0 Å². The van der Waals surface area contributed by atoms with Gasteiger partial charge in [-0.1, -0.05) is 114 Å². The van der Waals surface area contributed by atoms with Gasteiger partial charge in [-0.25, -0.2) is 0 Å². The molecule has 12 aromatic rings. The van der Waals surface area contributed by atoms with Gasteiger partial charge in [-0.05, 0) is 170 Å². The number of fused-ring (bicyclic) bond motifs is 8. The van der Waals surface area contributed by atoms with Crippen LogP contribution < -0.4 is 9.80 Å². The molecule has 318 valence electrons. The minimum Gasteiger partial charge on any atom is -0.456 e. The molecule has 4 nitrogen and oxygen atoms in total. The number of hydrogen-bond acceptors (Lipinski definition) is 4. The van der Waals surface area contributed by atoms with E-state index < -0.39 is 0 Å². The summed E-state index contributed by atoms with van der Waals surface area (Å²) in [5.74, 6) is 0. The van der Waals surface area contributed by atoms with Gasteiger partial charge in [0.25, 0.3) is 0 Å². The van der Waals surface area contributed by atoms with Crippen molar-refractivity contribution in [1.82, 2.24) is 0 Å². The number of hydrogen-bond donors (Lipinski definition) is 0. The number of furan rings is 2. The predicted octanol–water partition coefficient (Wildman–Crippen LogP) is 18.2. The van der Waals surface area contributed by atoms with Gasteiger partial charge >= 0.3 is 0 Å². The summed E-state index contributed by atoms with van der Waals surface area (Å²) >= 11 is 0. The fourth-order valence-corrected chi connectivity index (χ4v) is 10.3. The topological polar surface area (TPSA) is 32.8 Å². The Hall–Kier alpha value is -8.08. The zero-order valence-corrected chi connectivity index (χ0v) is 38.0. The molecule has 66 heavy (non-hydrogen) atoms. The quantitative estimate of drug-likeness (QED) is 0.160. The molecule has 0 saturated heterocycles. The molecule has 0 bridgehead atoms. The van der Waals surface area contributed by atoms with Crippen LogP contribution in [0.15, 0.2) is 191 Å². The summed E-state index contributed by atoms with van der Waals surface area (Å²) in [6, 6.07) is 66.0. The van der Waals surface area contributed by atoms with Crippen LogP contribution >= 0.6 is 0 Å². The first-order valence-corrected chi connectivity index (χ1v) is 22.8. The van der Waals surface area contributed by atoms with Crippen LogP contribution in [-0.2, 0) is 0 Å². The maximum Gasteiger partial charge on any atom is 0.144 e. The third kappa shape index (κ3) is 6.43.